The minimum Gasteiger partial charge on any atom is -0.457 e. The second-order valence-electron chi connectivity index (χ2n) is 16.3. The number of unbranched alkanes of at least 4 members (excludes halogenated alkanes) is 30. The first-order valence-corrected chi connectivity index (χ1v) is 25.8. The number of allylic oxidation sites excluding steroid dienone is 4. The summed E-state index contributed by atoms with van der Waals surface area (Å²) in [6.45, 7) is 4.96. The molecule has 0 saturated carbocycles. The Labute approximate surface area is 353 Å². The van der Waals surface area contributed by atoms with E-state index in [9.17, 15) is 14.3 Å². The second-order valence-corrected chi connectivity index (χ2v) is 17.8. The zero-order chi connectivity index (χ0) is 41.6. The van der Waals surface area contributed by atoms with E-state index in [-0.39, 0.29) is 32.3 Å². The molecular formula is C48H94NO7P. The molecule has 0 aliphatic rings. The van der Waals surface area contributed by atoms with Crippen molar-refractivity contribution < 1.29 is 32.8 Å². The molecule has 0 spiro atoms. The summed E-state index contributed by atoms with van der Waals surface area (Å²) in [5, 5.41) is 0. The fourth-order valence-electron chi connectivity index (χ4n) is 7.03. The monoisotopic (exact) mass is 828 g/mol. The van der Waals surface area contributed by atoms with Gasteiger partial charge in [-0.3, -0.25) is 13.8 Å². The van der Waals surface area contributed by atoms with Crippen molar-refractivity contribution in [3.8, 4) is 0 Å². The normalized spacial score (nSPS) is 13.5. The standard InChI is InChI=1S/C48H94NO7P/c1-3-5-7-9-11-13-15-17-18-19-20-21-22-23-24-25-26-27-28-29-31-33-35-37-39-41-48(50)56-47(46-55-57(51,52)54-44-42-49)45-53-43-40-38-36-34-32-30-16-14-12-10-8-6-4-2/h15,17,19-20,47H,3-14,16,18,21-46,49H2,1-2H3,(H,51,52)/b17-15-,20-19-. The van der Waals surface area contributed by atoms with Crippen LogP contribution in [0.15, 0.2) is 24.3 Å². The molecule has 2 unspecified atom stereocenters. The highest BCUT2D eigenvalue weighted by molar-refractivity contribution is 7.47. The molecule has 0 fully saturated rings. The number of carbonyl (C=O) groups excluding carboxylic acids is 1. The van der Waals surface area contributed by atoms with Gasteiger partial charge in [0.2, 0.25) is 0 Å². The third kappa shape index (κ3) is 45.9. The molecule has 0 amide bonds. The van der Waals surface area contributed by atoms with Gasteiger partial charge in [-0.25, -0.2) is 4.57 Å². The van der Waals surface area contributed by atoms with Crippen LogP contribution in [0.4, 0.5) is 0 Å². The zero-order valence-electron chi connectivity index (χ0n) is 37.6. The summed E-state index contributed by atoms with van der Waals surface area (Å²) < 4.78 is 33.5. The summed E-state index contributed by atoms with van der Waals surface area (Å²) >= 11 is 0. The molecule has 0 bridgehead atoms. The lowest BCUT2D eigenvalue weighted by atomic mass is 10.0. The molecule has 2 atom stereocenters. The number of ether oxygens (including phenoxy) is 2. The van der Waals surface area contributed by atoms with Crippen molar-refractivity contribution in [2.24, 2.45) is 5.73 Å². The van der Waals surface area contributed by atoms with E-state index >= 15 is 0 Å². The van der Waals surface area contributed by atoms with E-state index in [1.54, 1.807) is 0 Å². The minimum atomic E-state index is -4.27. The molecule has 338 valence electrons. The molecular weight excluding hydrogens is 734 g/mol. The van der Waals surface area contributed by atoms with Crippen molar-refractivity contribution in [3.63, 3.8) is 0 Å². The molecule has 0 rings (SSSR count). The van der Waals surface area contributed by atoms with Gasteiger partial charge in [0.25, 0.3) is 0 Å². The maximum atomic E-state index is 12.6. The van der Waals surface area contributed by atoms with Crippen molar-refractivity contribution in [3.05, 3.63) is 24.3 Å². The van der Waals surface area contributed by atoms with E-state index < -0.39 is 13.9 Å². The Morgan fingerprint density at radius 2 is 0.930 bits per heavy atom. The number of carbonyl (C=O) groups is 1. The van der Waals surface area contributed by atoms with Gasteiger partial charge in [-0.05, 0) is 44.9 Å². The molecule has 3 N–H and O–H groups in total. The fraction of sp³-hybridized carbons (Fsp3) is 0.896. The van der Waals surface area contributed by atoms with Crippen molar-refractivity contribution in [1.82, 2.24) is 0 Å². The largest absolute Gasteiger partial charge is 0.472 e. The summed E-state index contributed by atoms with van der Waals surface area (Å²) in [6.07, 6.45) is 52.0. The number of esters is 1. The average Bonchev–Trinajstić information content (AvgIpc) is 3.20. The zero-order valence-corrected chi connectivity index (χ0v) is 38.5. The molecule has 57 heavy (non-hydrogen) atoms. The molecule has 0 aliphatic carbocycles. The van der Waals surface area contributed by atoms with E-state index in [2.05, 4.69) is 38.2 Å². The highest BCUT2D eigenvalue weighted by atomic mass is 31.2. The molecule has 0 radical (unpaired) electrons. The number of phosphoric acid groups is 1. The third-order valence-electron chi connectivity index (χ3n) is 10.6. The molecule has 9 heteroatoms. The van der Waals surface area contributed by atoms with Crippen LogP contribution in [0.1, 0.15) is 239 Å². The Bertz CT molecular complexity index is 930. The SMILES string of the molecule is CCCCCCC/C=C\C/C=C\CCCCCCCCCCCCCCCC(=O)OC(COCCCCCCCCCCCCCCC)COP(=O)(O)OCCN. The molecule has 0 aromatic rings. The van der Waals surface area contributed by atoms with E-state index in [1.165, 1.54) is 180 Å². The van der Waals surface area contributed by atoms with Crippen LogP contribution in [-0.4, -0.2) is 49.9 Å². The summed E-state index contributed by atoms with van der Waals surface area (Å²) in [6, 6.07) is 0. The van der Waals surface area contributed by atoms with Gasteiger partial charge in [-0.15, -0.1) is 0 Å². The second kappa shape index (κ2) is 46.1. The van der Waals surface area contributed by atoms with Crippen LogP contribution in [0.5, 0.6) is 0 Å². The average molecular weight is 828 g/mol. The van der Waals surface area contributed by atoms with Crippen LogP contribution in [0.25, 0.3) is 0 Å². The number of phosphoric ester groups is 1. The predicted octanol–water partition coefficient (Wildman–Crippen LogP) is 14.8. The lowest BCUT2D eigenvalue weighted by Gasteiger charge is -2.20. The first-order valence-electron chi connectivity index (χ1n) is 24.3. The van der Waals surface area contributed by atoms with Gasteiger partial charge in [0, 0.05) is 19.6 Å². The van der Waals surface area contributed by atoms with Gasteiger partial charge in [-0.2, -0.15) is 0 Å². The summed E-state index contributed by atoms with van der Waals surface area (Å²) in [5.41, 5.74) is 5.38. The highest BCUT2D eigenvalue weighted by Gasteiger charge is 2.25. The Kier molecular flexibility index (Phi) is 45.2. The van der Waals surface area contributed by atoms with Gasteiger partial charge >= 0.3 is 13.8 Å². The highest BCUT2D eigenvalue weighted by Crippen LogP contribution is 2.43. The first-order chi connectivity index (χ1) is 27.9. The van der Waals surface area contributed by atoms with Gasteiger partial charge in [0.15, 0.2) is 0 Å². The van der Waals surface area contributed by atoms with Gasteiger partial charge in [0.1, 0.15) is 6.10 Å². The summed E-state index contributed by atoms with van der Waals surface area (Å²) in [7, 11) is -4.27. The number of nitrogens with two attached hydrogens (primary N) is 1. The Morgan fingerprint density at radius 3 is 1.37 bits per heavy atom. The summed E-state index contributed by atoms with van der Waals surface area (Å²) in [4.78, 5) is 22.5. The molecule has 8 nitrogen and oxygen atoms in total. The summed E-state index contributed by atoms with van der Waals surface area (Å²) in [5.74, 6) is -0.327. The van der Waals surface area contributed by atoms with Gasteiger partial charge < -0.3 is 20.1 Å². The Hall–Kier alpha value is -1.02. The number of rotatable bonds is 47. The van der Waals surface area contributed by atoms with Crippen LogP contribution >= 0.6 is 7.82 Å². The lowest BCUT2D eigenvalue weighted by molar-refractivity contribution is -0.154. The van der Waals surface area contributed by atoms with Gasteiger partial charge in [0.05, 0.1) is 19.8 Å². The van der Waals surface area contributed by atoms with E-state index in [0.29, 0.717) is 13.0 Å². The Balaban J connectivity index is 3.89. The van der Waals surface area contributed by atoms with Crippen molar-refractivity contribution >= 4 is 13.8 Å². The van der Waals surface area contributed by atoms with Crippen molar-refractivity contribution in [1.29, 1.82) is 0 Å². The topological polar surface area (TPSA) is 117 Å². The van der Waals surface area contributed by atoms with Crippen LogP contribution in [0.3, 0.4) is 0 Å². The van der Waals surface area contributed by atoms with Gasteiger partial charge in [-0.1, -0.05) is 212 Å². The lowest BCUT2D eigenvalue weighted by Crippen LogP contribution is -2.28. The quantitative estimate of drug-likeness (QED) is 0.0270. The smallest absolute Gasteiger partial charge is 0.457 e. The minimum absolute atomic E-state index is 0.0929. The van der Waals surface area contributed by atoms with E-state index in [4.69, 9.17) is 24.3 Å². The van der Waals surface area contributed by atoms with Crippen LogP contribution in [0, 0.1) is 0 Å². The molecule has 0 aliphatic heterocycles. The maximum Gasteiger partial charge on any atom is 0.472 e. The fourth-order valence-corrected chi connectivity index (χ4v) is 7.79. The van der Waals surface area contributed by atoms with E-state index in [0.717, 1.165) is 38.5 Å². The van der Waals surface area contributed by atoms with Crippen LogP contribution < -0.4 is 5.73 Å². The molecule has 0 aromatic heterocycles. The van der Waals surface area contributed by atoms with E-state index in [1.807, 2.05) is 0 Å². The van der Waals surface area contributed by atoms with Crippen LogP contribution in [0.2, 0.25) is 0 Å². The first kappa shape index (κ1) is 56.0. The Morgan fingerprint density at radius 1 is 0.526 bits per heavy atom. The number of hydrogen-bond donors (Lipinski definition) is 2. The maximum absolute atomic E-state index is 12.6. The molecule has 0 aromatic carbocycles. The molecule has 0 heterocycles. The molecule has 0 saturated heterocycles. The van der Waals surface area contributed by atoms with Crippen LogP contribution in [-0.2, 0) is 27.9 Å². The van der Waals surface area contributed by atoms with Crippen molar-refractivity contribution in [2.45, 2.75) is 245 Å². The van der Waals surface area contributed by atoms with Crippen molar-refractivity contribution in [2.75, 3.05) is 33.0 Å². The third-order valence-corrected chi connectivity index (χ3v) is 11.6. The number of hydrogen-bond acceptors (Lipinski definition) is 7. The predicted molar refractivity (Wildman–Crippen MR) is 243 cm³/mol.